The van der Waals surface area contributed by atoms with Crippen molar-refractivity contribution in [2.45, 2.75) is 32.8 Å². The number of carbonyl (C=O) groups is 1. The van der Waals surface area contributed by atoms with Gasteiger partial charge in [-0.05, 0) is 26.2 Å². The number of likely N-dealkylation sites (N-methyl/N-ethyl adjacent to an activating group) is 1. The summed E-state index contributed by atoms with van der Waals surface area (Å²) in [5.41, 5.74) is -0.789. The van der Waals surface area contributed by atoms with Crippen molar-refractivity contribution in [3.63, 3.8) is 0 Å². The Bertz CT molecular complexity index is 207. The van der Waals surface area contributed by atoms with E-state index in [4.69, 9.17) is 0 Å². The lowest BCUT2D eigenvalue weighted by molar-refractivity contribution is -0.134. The molecule has 0 radical (unpaired) electrons. The molecule has 13 heavy (non-hydrogen) atoms. The van der Waals surface area contributed by atoms with Gasteiger partial charge in [-0.3, -0.25) is 4.79 Å². The summed E-state index contributed by atoms with van der Waals surface area (Å²) in [5.74, 6) is 0.929. The minimum absolute atomic E-state index is 0.176. The maximum Gasteiger partial charge on any atom is 0.225 e. The van der Waals surface area contributed by atoms with Gasteiger partial charge in [0.25, 0.3) is 0 Å². The first-order valence-corrected chi connectivity index (χ1v) is 4.78. The minimum atomic E-state index is -0.789. The third-order valence-electron chi connectivity index (χ3n) is 2.43. The van der Waals surface area contributed by atoms with Gasteiger partial charge in [-0.2, -0.15) is 0 Å². The maximum atomic E-state index is 11.6. The fourth-order valence-corrected chi connectivity index (χ4v) is 1.61. The summed E-state index contributed by atoms with van der Waals surface area (Å²) in [6.45, 7) is 5.93. The van der Waals surface area contributed by atoms with Crippen molar-refractivity contribution in [1.82, 2.24) is 4.90 Å². The summed E-state index contributed by atoms with van der Waals surface area (Å²) in [5, 5.41) is 9.51. The molecule has 0 aliphatic heterocycles. The van der Waals surface area contributed by atoms with E-state index in [9.17, 15) is 9.90 Å². The topological polar surface area (TPSA) is 40.5 Å². The molecule has 2 atom stereocenters. The van der Waals surface area contributed by atoms with Crippen molar-refractivity contribution in [3.05, 3.63) is 0 Å². The molecule has 0 heterocycles. The van der Waals surface area contributed by atoms with E-state index >= 15 is 0 Å². The summed E-state index contributed by atoms with van der Waals surface area (Å²) in [6, 6.07) is 0. The number of nitrogens with zero attached hydrogens (tertiary/aromatic N) is 1. The molecule has 1 amide bonds. The van der Waals surface area contributed by atoms with Crippen LogP contribution in [0.25, 0.3) is 0 Å². The summed E-state index contributed by atoms with van der Waals surface area (Å²) in [4.78, 5) is 13.2. The predicted octanol–water partition coefficient (Wildman–Crippen LogP) is 0.872. The number of carbonyl (C=O) groups excluding carboxylic acids is 1. The highest BCUT2D eigenvalue weighted by Crippen LogP contribution is 2.39. The Balaban J connectivity index is 2.39. The smallest absolute Gasteiger partial charge is 0.225 e. The largest absolute Gasteiger partial charge is 0.389 e. The molecule has 1 rings (SSSR count). The SMILES string of the molecule is CC1CC1C(=O)N(C)CC(C)(C)O. The fourth-order valence-electron chi connectivity index (χ4n) is 1.61. The summed E-state index contributed by atoms with van der Waals surface area (Å²) in [7, 11) is 1.76. The van der Waals surface area contributed by atoms with Crippen molar-refractivity contribution in [2.75, 3.05) is 13.6 Å². The highest BCUT2D eigenvalue weighted by Gasteiger charge is 2.41. The zero-order chi connectivity index (χ0) is 10.2. The summed E-state index contributed by atoms with van der Waals surface area (Å²) < 4.78 is 0. The monoisotopic (exact) mass is 185 g/mol. The Morgan fingerprint density at radius 1 is 1.62 bits per heavy atom. The molecule has 3 heteroatoms. The molecule has 0 aromatic carbocycles. The Hall–Kier alpha value is -0.570. The van der Waals surface area contributed by atoms with Gasteiger partial charge in [0.1, 0.15) is 0 Å². The van der Waals surface area contributed by atoms with Gasteiger partial charge in [-0.15, -0.1) is 0 Å². The van der Waals surface area contributed by atoms with Gasteiger partial charge in [0, 0.05) is 19.5 Å². The third kappa shape index (κ3) is 2.99. The van der Waals surface area contributed by atoms with Crippen LogP contribution in [0.2, 0.25) is 0 Å². The number of amides is 1. The molecule has 1 saturated carbocycles. The van der Waals surface area contributed by atoms with Crippen molar-refractivity contribution in [1.29, 1.82) is 0 Å². The Kier molecular flexibility index (Phi) is 2.66. The minimum Gasteiger partial charge on any atom is -0.389 e. The number of hydrogen-bond acceptors (Lipinski definition) is 2. The van der Waals surface area contributed by atoms with E-state index in [1.165, 1.54) is 0 Å². The average molecular weight is 185 g/mol. The Morgan fingerprint density at radius 2 is 2.08 bits per heavy atom. The van der Waals surface area contributed by atoms with E-state index in [2.05, 4.69) is 6.92 Å². The Morgan fingerprint density at radius 3 is 2.38 bits per heavy atom. The second kappa shape index (κ2) is 3.29. The van der Waals surface area contributed by atoms with Crippen molar-refractivity contribution in [3.8, 4) is 0 Å². The van der Waals surface area contributed by atoms with E-state index < -0.39 is 5.60 Å². The zero-order valence-electron chi connectivity index (χ0n) is 8.87. The standard InChI is InChI=1S/C10H19NO2/c1-7-5-8(7)9(12)11(4)6-10(2,3)13/h7-8,13H,5-6H2,1-4H3. The number of rotatable bonds is 3. The van der Waals surface area contributed by atoms with E-state index in [-0.39, 0.29) is 11.8 Å². The van der Waals surface area contributed by atoms with Crippen LogP contribution in [-0.4, -0.2) is 35.1 Å². The normalized spacial score (nSPS) is 27.2. The van der Waals surface area contributed by atoms with Gasteiger partial charge in [-0.1, -0.05) is 6.92 Å². The first-order chi connectivity index (χ1) is 5.81. The molecule has 0 spiro atoms. The lowest BCUT2D eigenvalue weighted by Crippen LogP contribution is -2.40. The highest BCUT2D eigenvalue weighted by atomic mass is 16.3. The maximum absolute atomic E-state index is 11.6. The van der Waals surface area contributed by atoms with Crippen LogP contribution in [0.5, 0.6) is 0 Å². The second-order valence-electron chi connectivity index (χ2n) is 4.83. The molecule has 1 aliphatic rings. The molecule has 1 fully saturated rings. The zero-order valence-corrected chi connectivity index (χ0v) is 8.87. The molecule has 1 aliphatic carbocycles. The fraction of sp³-hybridized carbons (Fsp3) is 0.900. The molecule has 0 bridgehead atoms. The van der Waals surface area contributed by atoms with E-state index in [0.717, 1.165) is 6.42 Å². The van der Waals surface area contributed by atoms with Crippen LogP contribution < -0.4 is 0 Å². The van der Waals surface area contributed by atoms with Crippen LogP contribution in [0.4, 0.5) is 0 Å². The van der Waals surface area contributed by atoms with Crippen LogP contribution in [-0.2, 0) is 4.79 Å². The van der Waals surface area contributed by atoms with Gasteiger partial charge in [0.2, 0.25) is 5.91 Å². The van der Waals surface area contributed by atoms with Crippen LogP contribution >= 0.6 is 0 Å². The van der Waals surface area contributed by atoms with Gasteiger partial charge in [0.15, 0.2) is 0 Å². The molecule has 76 valence electrons. The van der Waals surface area contributed by atoms with Gasteiger partial charge < -0.3 is 10.0 Å². The van der Waals surface area contributed by atoms with Crippen molar-refractivity contribution in [2.24, 2.45) is 11.8 Å². The van der Waals surface area contributed by atoms with Crippen molar-refractivity contribution >= 4 is 5.91 Å². The first-order valence-electron chi connectivity index (χ1n) is 4.78. The number of hydrogen-bond donors (Lipinski definition) is 1. The number of aliphatic hydroxyl groups is 1. The van der Waals surface area contributed by atoms with Crippen LogP contribution in [0.15, 0.2) is 0 Å². The van der Waals surface area contributed by atoms with Crippen LogP contribution in [0, 0.1) is 11.8 Å². The van der Waals surface area contributed by atoms with Gasteiger partial charge in [-0.25, -0.2) is 0 Å². The van der Waals surface area contributed by atoms with E-state index in [1.807, 2.05) is 0 Å². The lowest BCUT2D eigenvalue weighted by atomic mass is 10.1. The van der Waals surface area contributed by atoms with Crippen LogP contribution in [0.1, 0.15) is 27.2 Å². The van der Waals surface area contributed by atoms with E-state index in [1.54, 1.807) is 25.8 Å². The van der Waals surface area contributed by atoms with Gasteiger partial charge in [0.05, 0.1) is 5.60 Å². The highest BCUT2D eigenvalue weighted by molar-refractivity contribution is 5.81. The quantitative estimate of drug-likeness (QED) is 0.709. The van der Waals surface area contributed by atoms with Crippen LogP contribution in [0.3, 0.4) is 0 Å². The third-order valence-corrected chi connectivity index (χ3v) is 2.43. The van der Waals surface area contributed by atoms with Gasteiger partial charge >= 0.3 is 0 Å². The van der Waals surface area contributed by atoms with Crippen molar-refractivity contribution < 1.29 is 9.90 Å². The molecule has 3 nitrogen and oxygen atoms in total. The first kappa shape index (κ1) is 10.5. The van der Waals surface area contributed by atoms with E-state index in [0.29, 0.717) is 12.5 Å². The molecule has 1 N–H and O–H groups in total. The average Bonchev–Trinajstić information content (AvgIpc) is 2.61. The predicted molar refractivity (Wildman–Crippen MR) is 51.2 cm³/mol. The Labute approximate surface area is 79.7 Å². The summed E-state index contributed by atoms with van der Waals surface area (Å²) >= 11 is 0. The summed E-state index contributed by atoms with van der Waals surface area (Å²) in [6.07, 6.45) is 1.01. The molecule has 0 aromatic rings. The molecule has 2 unspecified atom stereocenters. The second-order valence-corrected chi connectivity index (χ2v) is 4.83. The lowest BCUT2D eigenvalue weighted by Gasteiger charge is -2.25. The molecule has 0 saturated heterocycles. The molecule has 0 aromatic heterocycles. The molecular weight excluding hydrogens is 166 g/mol. The molecular formula is C10H19NO2.